The fraction of sp³-hybridized carbons (Fsp3) is 0.429. The quantitative estimate of drug-likeness (QED) is 0.713. The lowest BCUT2D eigenvalue weighted by Crippen LogP contribution is -2.39. The van der Waals surface area contributed by atoms with E-state index in [0.717, 1.165) is 6.42 Å². The number of anilines is 1. The van der Waals surface area contributed by atoms with Gasteiger partial charge in [-0.15, -0.1) is 0 Å². The van der Waals surface area contributed by atoms with Crippen LogP contribution in [0, 0.1) is 12.7 Å². The lowest BCUT2D eigenvalue weighted by molar-refractivity contribution is -0.136. The first-order valence-corrected chi connectivity index (χ1v) is 6.47. The Balaban J connectivity index is 2.51. The average Bonchev–Trinajstić information content (AvgIpc) is 2.39. The van der Waals surface area contributed by atoms with Gasteiger partial charge >= 0.3 is 11.8 Å². The molecule has 0 fully saturated rings. The fourth-order valence-electron chi connectivity index (χ4n) is 1.67. The molecule has 0 saturated carbocycles. The van der Waals surface area contributed by atoms with Gasteiger partial charge in [0.1, 0.15) is 5.82 Å². The molecular formula is C14H19FN2O3. The Morgan fingerprint density at radius 3 is 2.65 bits per heavy atom. The highest BCUT2D eigenvalue weighted by Gasteiger charge is 2.15. The maximum absolute atomic E-state index is 12.9. The van der Waals surface area contributed by atoms with Crippen molar-refractivity contribution in [2.75, 3.05) is 11.9 Å². The van der Waals surface area contributed by atoms with Crippen LogP contribution in [0.15, 0.2) is 18.2 Å². The van der Waals surface area contributed by atoms with Crippen molar-refractivity contribution >= 4 is 17.5 Å². The standard InChI is InChI=1S/C14H19FN2O3/c1-3-4-11(18)8-16-13(19)14(20)17-12-6-5-10(15)7-9(12)2/h5-7,11,18H,3-4,8H2,1-2H3,(H,16,19)(H,17,20). The Bertz CT molecular complexity index is 491. The van der Waals surface area contributed by atoms with Gasteiger partial charge in [-0.2, -0.15) is 0 Å². The first-order chi connectivity index (χ1) is 9.43. The molecule has 1 unspecified atom stereocenters. The van der Waals surface area contributed by atoms with Crippen molar-refractivity contribution in [3.8, 4) is 0 Å². The van der Waals surface area contributed by atoms with E-state index in [1.165, 1.54) is 18.2 Å². The molecule has 0 aliphatic heterocycles. The van der Waals surface area contributed by atoms with Gasteiger partial charge < -0.3 is 15.7 Å². The van der Waals surface area contributed by atoms with Gasteiger partial charge in [-0.05, 0) is 37.1 Å². The molecule has 0 aromatic heterocycles. The second kappa shape index (κ2) is 7.59. The zero-order valence-corrected chi connectivity index (χ0v) is 11.6. The van der Waals surface area contributed by atoms with Crippen molar-refractivity contribution in [1.29, 1.82) is 0 Å². The minimum atomic E-state index is -0.844. The van der Waals surface area contributed by atoms with E-state index >= 15 is 0 Å². The number of benzene rings is 1. The molecule has 0 aliphatic carbocycles. The van der Waals surface area contributed by atoms with E-state index in [4.69, 9.17) is 0 Å². The van der Waals surface area contributed by atoms with E-state index in [1.54, 1.807) is 6.92 Å². The number of aryl methyl sites for hydroxylation is 1. The third-order valence-electron chi connectivity index (χ3n) is 2.76. The summed E-state index contributed by atoms with van der Waals surface area (Å²) >= 11 is 0. The molecule has 1 aromatic carbocycles. The number of aliphatic hydroxyl groups is 1. The smallest absolute Gasteiger partial charge is 0.313 e. The van der Waals surface area contributed by atoms with Crippen LogP contribution in [0.4, 0.5) is 10.1 Å². The molecule has 0 bridgehead atoms. The van der Waals surface area contributed by atoms with E-state index < -0.39 is 23.7 Å². The molecule has 5 nitrogen and oxygen atoms in total. The summed E-state index contributed by atoms with van der Waals surface area (Å²) in [4.78, 5) is 23.1. The van der Waals surface area contributed by atoms with Gasteiger partial charge in [-0.25, -0.2) is 4.39 Å². The van der Waals surface area contributed by atoms with Crippen LogP contribution in [0.5, 0.6) is 0 Å². The predicted molar refractivity (Wildman–Crippen MR) is 73.7 cm³/mol. The summed E-state index contributed by atoms with van der Waals surface area (Å²) in [7, 11) is 0. The fourth-order valence-corrected chi connectivity index (χ4v) is 1.67. The summed E-state index contributed by atoms with van der Waals surface area (Å²) in [6.45, 7) is 3.57. The topological polar surface area (TPSA) is 78.4 Å². The molecule has 6 heteroatoms. The maximum atomic E-state index is 12.9. The van der Waals surface area contributed by atoms with Crippen LogP contribution in [-0.4, -0.2) is 29.6 Å². The summed E-state index contributed by atoms with van der Waals surface area (Å²) in [5, 5.41) is 14.2. The molecule has 20 heavy (non-hydrogen) atoms. The van der Waals surface area contributed by atoms with Gasteiger partial charge in [0.2, 0.25) is 0 Å². The molecular weight excluding hydrogens is 263 g/mol. The Kier molecular flexibility index (Phi) is 6.11. The molecule has 0 saturated heterocycles. The first kappa shape index (κ1) is 16.1. The van der Waals surface area contributed by atoms with E-state index in [-0.39, 0.29) is 6.54 Å². The van der Waals surface area contributed by atoms with Crippen LogP contribution >= 0.6 is 0 Å². The second-order valence-corrected chi connectivity index (χ2v) is 4.57. The molecule has 0 heterocycles. The third-order valence-corrected chi connectivity index (χ3v) is 2.76. The molecule has 3 N–H and O–H groups in total. The predicted octanol–water partition coefficient (Wildman–Crippen LogP) is 1.35. The maximum Gasteiger partial charge on any atom is 0.313 e. The van der Waals surface area contributed by atoms with Crippen LogP contribution < -0.4 is 10.6 Å². The molecule has 2 amide bonds. The SMILES string of the molecule is CCCC(O)CNC(=O)C(=O)Nc1ccc(F)cc1C. The van der Waals surface area contributed by atoms with Crippen LogP contribution in [0.25, 0.3) is 0 Å². The Morgan fingerprint density at radius 1 is 1.35 bits per heavy atom. The van der Waals surface area contributed by atoms with Gasteiger partial charge in [0, 0.05) is 12.2 Å². The summed E-state index contributed by atoms with van der Waals surface area (Å²) in [6.07, 6.45) is 0.682. The van der Waals surface area contributed by atoms with Gasteiger partial charge in [0.05, 0.1) is 6.10 Å². The molecule has 0 spiro atoms. The lowest BCUT2D eigenvalue weighted by atomic mass is 10.2. The van der Waals surface area contributed by atoms with Crippen molar-refractivity contribution in [3.05, 3.63) is 29.6 Å². The van der Waals surface area contributed by atoms with Crippen LogP contribution in [-0.2, 0) is 9.59 Å². The largest absolute Gasteiger partial charge is 0.391 e. The number of carbonyl (C=O) groups is 2. The van der Waals surface area contributed by atoms with Crippen LogP contribution in [0.2, 0.25) is 0 Å². The van der Waals surface area contributed by atoms with Gasteiger partial charge in [0.25, 0.3) is 0 Å². The van der Waals surface area contributed by atoms with Crippen molar-refractivity contribution in [2.24, 2.45) is 0 Å². The first-order valence-electron chi connectivity index (χ1n) is 6.47. The zero-order valence-electron chi connectivity index (χ0n) is 11.6. The number of aliphatic hydroxyl groups excluding tert-OH is 1. The highest BCUT2D eigenvalue weighted by Crippen LogP contribution is 2.15. The highest BCUT2D eigenvalue weighted by molar-refractivity contribution is 6.39. The number of nitrogens with one attached hydrogen (secondary N) is 2. The van der Waals surface area contributed by atoms with Gasteiger partial charge in [0.15, 0.2) is 0 Å². The van der Waals surface area contributed by atoms with Crippen molar-refractivity contribution in [1.82, 2.24) is 5.32 Å². The van der Waals surface area contributed by atoms with Crippen LogP contribution in [0.1, 0.15) is 25.3 Å². The number of hydrogen-bond acceptors (Lipinski definition) is 3. The van der Waals surface area contributed by atoms with Crippen molar-refractivity contribution in [2.45, 2.75) is 32.8 Å². The number of amides is 2. The number of hydrogen-bond donors (Lipinski definition) is 3. The number of carbonyl (C=O) groups excluding carboxylic acids is 2. The molecule has 0 radical (unpaired) electrons. The van der Waals surface area contributed by atoms with E-state index in [9.17, 15) is 19.1 Å². The van der Waals surface area contributed by atoms with Gasteiger partial charge in [-0.3, -0.25) is 9.59 Å². The lowest BCUT2D eigenvalue weighted by Gasteiger charge is -2.11. The van der Waals surface area contributed by atoms with E-state index in [1.807, 2.05) is 6.92 Å². The highest BCUT2D eigenvalue weighted by atomic mass is 19.1. The molecule has 110 valence electrons. The monoisotopic (exact) mass is 282 g/mol. The minimum Gasteiger partial charge on any atom is -0.391 e. The van der Waals surface area contributed by atoms with Crippen molar-refractivity contribution < 1.29 is 19.1 Å². The van der Waals surface area contributed by atoms with Gasteiger partial charge in [-0.1, -0.05) is 13.3 Å². The average molecular weight is 282 g/mol. The van der Waals surface area contributed by atoms with Crippen LogP contribution in [0.3, 0.4) is 0 Å². The number of halogens is 1. The summed E-state index contributed by atoms with van der Waals surface area (Å²) in [6, 6.07) is 3.85. The summed E-state index contributed by atoms with van der Waals surface area (Å²) in [5.41, 5.74) is 0.901. The minimum absolute atomic E-state index is 0.0303. The molecule has 0 aliphatic rings. The Morgan fingerprint density at radius 2 is 2.05 bits per heavy atom. The third kappa shape index (κ3) is 4.97. The molecule has 1 rings (SSSR count). The summed E-state index contributed by atoms with van der Waals surface area (Å²) < 4.78 is 12.9. The van der Waals surface area contributed by atoms with E-state index in [2.05, 4.69) is 10.6 Å². The second-order valence-electron chi connectivity index (χ2n) is 4.57. The van der Waals surface area contributed by atoms with E-state index in [0.29, 0.717) is 17.7 Å². The normalized spacial score (nSPS) is 11.8. The summed E-state index contributed by atoms with van der Waals surface area (Å²) in [5.74, 6) is -2.08. The Hall–Kier alpha value is -1.95. The molecule has 1 atom stereocenters. The Labute approximate surface area is 117 Å². The molecule has 1 aromatic rings. The van der Waals surface area contributed by atoms with Crippen molar-refractivity contribution in [3.63, 3.8) is 0 Å². The number of rotatable bonds is 5. The zero-order chi connectivity index (χ0) is 15.1.